The maximum absolute atomic E-state index is 2.47. The van der Waals surface area contributed by atoms with Gasteiger partial charge in [-0.2, -0.15) is 0 Å². The van der Waals surface area contributed by atoms with Crippen molar-refractivity contribution >= 4 is 17.8 Å². The lowest BCUT2D eigenvalue weighted by Gasteiger charge is -2.30. The molecule has 1 aliphatic rings. The number of unbranched alkanes of at least 4 members (excludes halogenated alkanes) is 2. The van der Waals surface area contributed by atoms with Crippen molar-refractivity contribution in [2.24, 2.45) is 0 Å². The SMILES string of the molecule is CCCCCn1c(C)cc(/C=C/C2C=Cc3cc(C)ccc3N2C)c1C. The standard InChI is InChI=1S/C24H32N2/c1-6-7-8-15-26-19(3)17-21(20(26)4)10-12-23-13-11-22-16-18(2)9-14-24(22)25(23)5/h9-14,16-17,23H,6-8,15H2,1-5H3/b12-10+. The Labute approximate surface area is 158 Å². The van der Waals surface area contributed by atoms with Crippen molar-refractivity contribution < 1.29 is 0 Å². The van der Waals surface area contributed by atoms with Gasteiger partial charge in [-0.25, -0.2) is 0 Å². The number of nitrogens with zero attached hydrogens (tertiary/aromatic N) is 2. The van der Waals surface area contributed by atoms with E-state index >= 15 is 0 Å². The lowest BCUT2D eigenvalue weighted by Crippen LogP contribution is -2.30. The van der Waals surface area contributed by atoms with Crippen molar-refractivity contribution in [2.75, 3.05) is 11.9 Å². The van der Waals surface area contributed by atoms with Crippen LogP contribution in [0, 0.1) is 20.8 Å². The average molecular weight is 349 g/mol. The quantitative estimate of drug-likeness (QED) is 0.569. The van der Waals surface area contributed by atoms with E-state index in [2.05, 4.69) is 92.8 Å². The summed E-state index contributed by atoms with van der Waals surface area (Å²) in [7, 11) is 2.18. The Morgan fingerprint density at radius 1 is 1.08 bits per heavy atom. The molecule has 0 saturated carbocycles. The molecule has 2 heterocycles. The number of rotatable bonds is 6. The molecule has 0 radical (unpaired) electrons. The van der Waals surface area contributed by atoms with Crippen LogP contribution in [0.3, 0.4) is 0 Å². The van der Waals surface area contributed by atoms with Gasteiger partial charge in [-0.05, 0) is 56.5 Å². The van der Waals surface area contributed by atoms with Gasteiger partial charge in [0.15, 0.2) is 0 Å². The molecule has 1 aliphatic heterocycles. The molecule has 0 amide bonds. The Hall–Kier alpha value is -2.22. The highest BCUT2D eigenvalue weighted by atomic mass is 15.1. The van der Waals surface area contributed by atoms with E-state index in [1.165, 1.54) is 53.0 Å². The van der Waals surface area contributed by atoms with Crippen molar-refractivity contribution in [3.05, 3.63) is 64.5 Å². The first-order valence-corrected chi connectivity index (χ1v) is 9.88. The fraction of sp³-hybridized carbons (Fsp3) is 0.417. The Kier molecular flexibility index (Phi) is 5.70. The molecule has 0 spiro atoms. The summed E-state index contributed by atoms with van der Waals surface area (Å²) < 4.78 is 2.47. The van der Waals surface area contributed by atoms with Gasteiger partial charge < -0.3 is 9.47 Å². The predicted molar refractivity (Wildman–Crippen MR) is 115 cm³/mol. The van der Waals surface area contributed by atoms with Gasteiger partial charge in [-0.15, -0.1) is 0 Å². The van der Waals surface area contributed by atoms with Crippen LogP contribution in [0.2, 0.25) is 0 Å². The van der Waals surface area contributed by atoms with Crippen LogP contribution in [0.5, 0.6) is 0 Å². The Morgan fingerprint density at radius 3 is 2.65 bits per heavy atom. The first-order chi connectivity index (χ1) is 12.5. The number of hydrogen-bond donors (Lipinski definition) is 0. The minimum absolute atomic E-state index is 0.299. The number of anilines is 1. The summed E-state index contributed by atoms with van der Waals surface area (Å²) in [4.78, 5) is 2.35. The molecule has 1 aromatic carbocycles. The zero-order valence-electron chi connectivity index (χ0n) is 16.9. The third-order valence-electron chi connectivity index (χ3n) is 5.55. The summed E-state index contributed by atoms with van der Waals surface area (Å²) in [5.74, 6) is 0. The number of fused-ring (bicyclic) bond motifs is 1. The number of benzene rings is 1. The van der Waals surface area contributed by atoms with Crippen LogP contribution >= 0.6 is 0 Å². The van der Waals surface area contributed by atoms with Crippen molar-refractivity contribution in [2.45, 2.75) is 59.5 Å². The molecule has 2 aromatic rings. The van der Waals surface area contributed by atoms with Crippen LogP contribution < -0.4 is 4.90 Å². The van der Waals surface area contributed by atoms with E-state index in [0.717, 1.165) is 6.54 Å². The minimum atomic E-state index is 0.299. The van der Waals surface area contributed by atoms with Crippen molar-refractivity contribution in [1.82, 2.24) is 4.57 Å². The average Bonchev–Trinajstić information content (AvgIpc) is 2.89. The lowest BCUT2D eigenvalue weighted by atomic mass is 10.0. The molecule has 1 unspecified atom stereocenters. The van der Waals surface area contributed by atoms with Crippen LogP contribution in [0.1, 0.15) is 54.3 Å². The van der Waals surface area contributed by atoms with Gasteiger partial charge in [0.25, 0.3) is 0 Å². The molecule has 0 fully saturated rings. The van der Waals surface area contributed by atoms with Crippen LogP contribution in [0.4, 0.5) is 5.69 Å². The molecule has 138 valence electrons. The molecule has 0 bridgehead atoms. The molecule has 3 rings (SSSR count). The monoisotopic (exact) mass is 348 g/mol. The van der Waals surface area contributed by atoms with E-state index in [-0.39, 0.29) is 0 Å². The summed E-state index contributed by atoms with van der Waals surface area (Å²) in [5.41, 5.74) is 8.02. The smallest absolute Gasteiger partial charge is 0.0660 e. The molecular weight excluding hydrogens is 316 g/mol. The number of likely N-dealkylation sites (N-methyl/N-ethyl adjacent to an activating group) is 1. The summed E-state index contributed by atoms with van der Waals surface area (Å²) >= 11 is 0. The lowest BCUT2D eigenvalue weighted by molar-refractivity contribution is 0.584. The first kappa shape index (κ1) is 18.6. The molecule has 0 aliphatic carbocycles. The molecule has 2 heteroatoms. The van der Waals surface area contributed by atoms with Gasteiger partial charge in [-0.1, -0.05) is 55.7 Å². The number of aromatic nitrogens is 1. The van der Waals surface area contributed by atoms with E-state index < -0.39 is 0 Å². The zero-order valence-corrected chi connectivity index (χ0v) is 16.9. The van der Waals surface area contributed by atoms with E-state index in [1.54, 1.807) is 0 Å². The van der Waals surface area contributed by atoms with Crippen LogP contribution in [-0.2, 0) is 6.54 Å². The summed E-state index contributed by atoms with van der Waals surface area (Å²) in [6, 6.07) is 9.30. The van der Waals surface area contributed by atoms with E-state index in [4.69, 9.17) is 0 Å². The fourth-order valence-electron chi connectivity index (χ4n) is 3.88. The van der Waals surface area contributed by atoms with Crippen LogP contribution in [0.25, 0.3) is 12.2 Å². The van der Waals surface area contributed by atoms with Crippen LogP contribution in [-0.4, -0.2) is 17.7 Å². The number of hydrogen-bond acceptors (Lipinski definition) is 1. The highest BCUT2D eigenvalue weighted by Crippen LogP contribution is 2.29. The topological polar surface area (TPSA) is 8.17 Å². The van der Waals surface area contributed by atoms with Gasteiger partial charge in [0.05, 0.1) is 6.04 Å². The second-order valence-corrected chi connectivity index (χ2v) is 7.57. The molecule has 1 aromatic heterocycles. The van der Waals surface area contributed by atoms with E-state index in [1.807, 2.05) is 0 Å². The second-order valence-electron chi connectivity index (χ2n) is 7.57. The maximum Gasteiger partial charge on any atom is 0.0660 e. The molecule has 0 saturated heterocycles. The largest absolute Gasteiger partial charge is 0.364 e. The van der Waals surface area contributed by atoms with E-state index in [0.29, 0.717) is 6.04 Å². The third kappa shape index (κ3) is 3.80. The van der Waals surface area contributed by atoms with Gasteiger partial charge >= 0.3 is 0 Å². The fourth-order valence-corrected chi connectivity index (χ4v) is 3.88. The Bertz CT molecular complexity index is 823. The Morgan fingerprint density at radius 2 is 1.88 bits per heavy atom. The van der Waals surface area contributed by atoms with Crippen molar-refractivity contribution in [3.63, 3.8) is 0 Å². The molecule has 1 atom stereocenters. The van der Waals surface area contributed by atoms with Gasteiger partial charge in [-0.3, -0.25) is 0 Å². The minimum Gasteiger partial charge on any atom is -0.364 e. The first-order valence-electron chi connectivity index (χ1n) is 9.88. The maximum atomic E-state index is 2.47. The normalized spacial score (nSPS) is 16.5. The molecule has 0 N–H and O–H groups in total. The van der Waals surface area contributed by atoms with Crippen molar-refractivity contribution in [3.8, 4) is 0 Å². The highest BCUT2D eigenvalue weighted by molar-refractivity contribution is 5.74. The summed E-state index contributed by atoms with van der Waals surface area (Å²) in [5, 5.41) is 0. The van der Waals surface area contributed by atoms with Gasteiger partial charge in [0.2, 0.25) is 0 Å². The zero-order chi connectivity index (χ0) is 18.7. The Balaban J connectivity index is 1.77. The predicted octanol–water partition coefficient (Wildman–Crippen LogP) is 6.15. The highest BCUT2D eigenvalue weighted by Gasteiger charge is 2.17. The van der Waals surface area contributed by atoms with E-state index in [9.17, 15) is 0 Å². The van der Waals surface area contributed by atoms with Crippen LogP contribution in [0.15, 0.2) is 36.4 Å². The van der Waals surface area contributed by atoms with Crippen molar-refractivity contribution in [1.29, 1.82) is 0 Å². The molecule has 26 heavy (non-hydrogen) atoms. The van der Waals surface area contributed by atoms with Gasteiger partial charge in [0.1, 0.15) is 0 Å². The second kappa shape index (κ2) is 7.99. The third-order valence-corrected chi connectivity index (χ3v) is 5.55. The van der Waals surface area contributed by atoms with Gasteiger partial charge in [0, 0.05) is 30.7 Å². The summed E-state index contributed by atoms with van der Waals surface area (Å²) in [6.45, 7) is 10.0. The molecule has 2 nitrogen and oxygen atoms in total. The summed E-state index contributed by atoms with van der Waals surface area (Å²) in [6.07, 6.45) is 13.0. The number of aryl methyl sites for hydroxylation is 2. The molecular formula is C24H32N2.